The zero-order valence-electron chi connectivity index (χ0n) is 17.4. The molecule has 0 aliphatic carbocycles. The number of anilines is 1. The molecule has 30 heavy (non-hydrogen) atoms. The van der Waals surface area contributed by atoms with Gasteiger partial charge in [-0.3, -0.25) is 14.5 Å². The van der Waals surface area contributed by atoms with E-state index in [0.29, 0.717) is 25.3 Å². The second-order valence-corrected chi connectivity index (χ2v) is 6.77. The van der Waals surface area contributed by atoms with Crippen LogP contribution in [0.1, 0.15) is 21.9 Å². The highest BCUT2D eigenvalue weighted by molar-refractivity contribution is 6.05. The van der Waals surface area contributed by atoms with Crippen LogP contribution in [0.2, 0.25) is 0 Å². The van der Waals surface area contributed by atoms with Crippen LogP contribution in [0.5, 0.6) is 0 Å². The van der Waals surface area contributed by atoms with Gasteiger partial charge in [0.25, 0.3) is 5.91 Å². The molecule has 4 amide bonds. The van der Waals surface area contributed by atoms with E-state index in [1.807, 2.05) is 13.0 Å². The SMILES string of the molecule is CNC(=O)/N=C(N)/C=C(/CN1CCN(c2ccc(C(=O)NC)nc2C)CC1)C(N)=O.[HH].[HH].[HH].[HH]. The number of hydrogen-bond acceptors (Lipinski definition) is 6. The number of rotatable bonds is 6. The summed E-state index contributed by atoms with van der Waals surface area (Å²) >= 11 is 0. The number of amidine groups is 1. The number of aryl methyl sites for hydroxylation is 1. The molecule has 0 spiro atoms. The van der Waals surface area contributed by atoms with E-state index in [2.05, 4.69) is 30.4 Å². The van der Waals surface area contributed by atoms with Crippen molar-refractivity contribution in [1.82, 2.24) is 20.5 Å². The molecule has 0 unspecified atom stereocenters. The van der Waals surface area contributed by atoms with E-state index >= 15 is 0 Å². The summed E-state index contributed by atoms with van der Waals surface area (Å²) in [7, 11) is 3.00. The van der Waals surface area contributed by atoms with Gasteiger partial charge in [0.05, 0.1) is 11.4 Å². The van der Waals surface area contributed by atoms with Crippen LogP contribution in [-0.2, 0) is 4.79 Å². The average Bonchev–Trinajstić information content (AvgIpc) is 2.73. The third-order valence-electron chi connectivity index (χ3n) is 4.71. The van der Waals surface area contributed by atoms with E-state index in [4.69, 9.17) is 11.5 Å². The summed E-state index contributed by atoms with van der Waals surface area (Å²) in [5.74, 6) is -0.920. The number of nitrogens with two attached hydrogens (primary N) is 2. The molecule has 2 rings (SSSR count). The lowest BCUT2D eigenvalue weighted by Gasteiger charge is -2.36. The van der Waals surface area contributed by atoms with Crippen LogP contribution >= 0.6 is 0 Å². The molecule has 0 radical (unpaired) electrons. The summed E-state index contributed by atoms with van der Waals surface area (Å²) in [5.41, 5.74) is 13.6. The second kappa shape index (κ2) is 10.3. The molecule has 0 bridgehead atoms. The fourth-order valence-electron chi connectivity index (χ4n) is 3.11. The van der Waals surface area contributed by atoms with Crippen molar-refractivity contribution in [3.8, 4) is 0 Å². The summed E-state index contributed by atoms with van der Waals surface area (Å²) in [6.07, 6.45) is 1.33. The van der Waals surface area contributed by atoms with Gasteiger partial charge in [-0.25, -0.2) is 9.78 Å². The summed E-state index contributed by atoms with van der Waals surface area (Å²) in [6.45, 7) is 4.99. The van der Waals surface area contributed by atoms with E-state index in [-0.39, 0.29) is 23.0 Å². The number of carbonyl (C=O) groups is 3. The number of amides is 4. The van der Waals surface area contributed by atoms with Crippen LogP contribution in [0.4, 0.5) is 10.5 Å². The first-order valence-electron chi connectivity index (χ1n) is 9.48. The second-order valence-electron chi connectivity index (χ2n) is 6.77. The van der Waals surface area contributed by atoms with Crippen LogP contribution in [-0.4, -0.2) is 80.4 Å². The predicted molar refractivity (Wildman–Crippen MR) is 123 cm³/mol. The van der Waals surface area contributed by atoms with Crippen molar-refractivity contribution in [3.05, 3.63) is 35.2 Å². The molecular formula is C19H36N8O3. The van der Waals surface area contributed by atoms with E-state index in [1.165, 1.54) is 13.1 Å². The number of piperazine rings is 1. The Labute approximate surface area is 181 Å². The minimum Gasteiger partial charge on any atom is -0.384 e. The molecule has 11 nitrogen and oxygen atoms in total. The van der Waals surface area contributed by atoms with Crippen molar-refractivity contribution >= 4 is 29.4 Å². The molecule has 11 heteroatoms. The van der Waals surface area contributed by atoms with Crippen LogP contribution in [0.15, 0.2) is 28.8 Å². The number of urea groups is 1. The Bertz CT molecular complexity index is 890. The van der Waals surface area contributed by atoms with Crippen molar-refractivity contribution in [3.63, 3.8) is 0 Å². The van der Waals surface area contributed by atoms with Crippen LogP contribution < -0.4 is 27.0 Å². The van der Waals surface area contributed by atoms with Gasteiger partial charge in [-0.15, -0.1) is 0 Å². The number of primary amides is 1. The van der Waals surface area contributed by atoms with Gasteiger partial charge in [0, 0.05) is 58.1 Å². The van der Waals surface area contributed by atoms with Gasteiger partial charge < -0.3 is 27.0 Å². The molecule has 6 N–H and O–H groups in total. The van der Waals surface area contributed by atoms with Crippen molar-refractivity contribution in [2.45, 2.75) is 6.92 Å². The highest BCUT2D eigenvalue weighted by Crippen LogP contribution is 2.20. The first-order chi connectivity index (χ1) is 14.2. The van der Waals surface area contributed by atoms with E-state index < -0.39 is 11.9 Å². The molecule has 0 atom stereocenters. The van der Waals surface area contributed by atoms with Gasteiger partial charge in [-0.05, 0) is 25.1 Å². The van der Waals surface area contributed by atoms with Crippen molar-refractivity contribution in [2.24, 2.45) is 16.5 Å². The zero-order chi connectivity index (χ0) is 22.3. The Morgan fingerprint density at radius 2 is 1.83 bits per heavy atom. The van der Waals surface area contributed by atoms with Crippen molar-refractivity contribution in [2.75, 3.05) is 51.7 Å². The minimum atomic E-state index is -0.614. The Morgan fingerprint density at radius 1 is 1.17 bits per heavy atom. The molecule has 1 aliphatic rings. The maximum absolute atomic E-state index is 11.8. The molecule has 1 aromatic heterocycles. The predicted octanol–water partition coefficient (Wildman–Crippen LogP) is -0.0361. The number of aliphatic imine (C=N–C) groups is 1. The highest BCUT2D eigenvalue weighted by atomic mass is 16.2. The molecule has 1 aliphatic heterocycles. The topological polar surface area (TPSA) is 159 Å². The third-order valence-corrected chi connectivity index (χ3v) is 4.71. The van der Waals surface area contributed by atoms with Crippen LogP contribution in [0.25, 0.3) is 0 Å². The highest BCUT2D eigenvalue weighted by Gasteiger charge is 2.21. The number of carbonyl (C=O) groups excluding carboxylic acids is 3. The number of hydrogen-bond donors (Lipinski definition) is 4. The van der Waals surface area contributed by atoms with Gasteiger partial charge in [0.15, 0.2) is 0 Å². The fourth-order valence-corrected chi connectivity index (χ4v) is 3.11. The summed E-state index contributed by atoms with van der Waals surface area (Å²) in [6, 6.07) is 3.00. The maximum atomic E-state index is 11.8. The lowest BCUT2D eigenvalue weighted by Crippen LogP contribution is -2.48. The smallest absolute Gasteiger partial charge is 0.342 e. The van der Waals surface area contributed by atoms with Crippen molar-refractivity contribution < 1.29 is 20.1 Å². The molecule has 0 aromatic carbocycles. The Hall–Kier alpha value is -3.47. The molecule has 1 aromatic rings. The molecule has 1 saturated heterocycles. The zero-order valence-corrected chi connectivity index (χ0v) is 17.4. The summed E-state index contributed by atoms with van der Waals surface area (Å²) in [4.78, 5) is 47.0. The number of pyridine rings is 1. The largest absolute Gasteiger partial charge is 0.384 e. The Kier molecular flexibility index (Phi) is 7.87. The van der Waals surface area contributed by atoms with Crippen molar-refractivity contribution in [1.29, 1.82) is 0 Å². The molecule has 0 saturated carbocycles. The molecule has 1 fully saturated rings. The van der Waals surface area contributed by atoms with E-state index in [9.17, 15) is 14.4 Å². The average molecular weight is 425 g/mol. The van der Waals surface area contributed by atoms with Crippen LogP contribution in [0.3, 0.4) is 0 Å². The van der Waals surface area contributed by atoms with Gasteiger partial charge >= 0.3 is 6.03 Å². The molecule has 170 valence electrons. The maximum Gasteiger partial charge on any atom is 0.342 e. The lowest BCUT2D eigenvalue weighted by atomic mass is 10.1. The fraction of sp³-hybridized carbons (Fsp3) is 0.421. The van der Waals surface area contributed by atoms with Gasteiger partial charge in [-0.1, -0.05) is 0 Å². The quantitative estimate of drug-likeness (QED) is 0.283. The van der Waals surface area contributed by atoms with Gasteiger partial charge in [0.1, 0.15) is 11.5 Å². The van der Waals surface area contributed by atoms with Crippen LogP contribution in [0, 0.1) is 6.92 Å². The summed E-state index contributed by atoms with van der Waals surface area (Å²) < 4.78 is 0. The standard InChI is InChI=1S/C19H28N8O3.4H2/c1-12-15(5-4-14(24-12)18(29)22-2)27-8-6-26(7-9-27)11-13(17(21)28)10-16(20)25-19(30)23-3;;;;/h4-5,10H,6-9,11H2,1-3H3,(H2,21,28)(H,22,29)(H3,20,23,25,30);4*1H/b13-10-;;;;. The monoisotopic (exact) mass is 424 g/mol. The third kappa shape index (κ3) is 6.01. The van der Waals surface area contributed by atoms with E-state index in [0.717, 1.165) is 24.5 Å². The Balaban J connectivity index is -0.00000240. The molecule has 2 heterocycles. The summed E-state index contributed by atoms with van der Waals surface area (Å²) in [5, 5.41) is 4.89. The number of nitrogens with one attached hydrogen (secondary N) is 2. The van der Waals surface area contributed by atoms with Gasteiger partial charge in [0.2, 0.25) is 5.91 Å². The number of nitrogens with zero attached hydrogens (tertiary/aromatic N) is 4. The van der Waals surface area contributed by atoms with E-state index in [1.54, 1.807) is 13.1 Å². The number of aromatic nitrogens is 1. The minimum absolute atomic E-state index is 0. The first-order valence-corrected chi connectivity index (χ1v) is 9.48. The molecular weight excluding hydrogens is 388 g/mol. The lowest BCUT2D eigenvalue weighted by molar-refractivity contribution is -0.114. The Morgan fingerprint density at radius 3 is 2.37 bits per heavy atom. The first kappa shape index (κ1) is 22.8. The van der Waals surface area contributed by atoms with Gasteiger partial charge in [-0.2, -0.15) is 4.99 Å². The normalized spacial score (nSPS) is 15.6.